The van der Waals surface area contributed by atoms with Crippen LogP contribution in [0.4, 0.5) is 0 Å². The number of carbonyl (C=O) groups excluding carboxylic acids is 3. The molecule has 2 aromatic carbocycles. The van der Waals surface area contributed by atoms with E-state index in [1.165, 1.54) is 11.8 Å². The number of hydrogen-bond donors (Lipinski definition) is 6. The van der Waals surface area contributed by atoms with Crippen LogP contribution in [0.2, 0.25) is 0 Å². The summed E-state index contributed by atoms with van der Waals surface area (Å²) in [5.41, 5.74) is 8.67. The number of aliphatic hydroxyl groups excluding tert-OH is 1. The number of benzene rings is 2. The van der Waals surface area contributed by atoms with Gasteiger partial charge in [-0.2, -0.15) is 0 Å². The number of fused-ring (bicyclic) bond motifs is 1. The van der Waals surface area contributed by atoms with E-state index in [2.05, 4.69) is 15.6 Å². The van der Waals surface area contributed by atoms with Gasteiger partial charge in [0.05, 0.1) is 12.1 Å². The highest BCUT2D eigenvalue weighted by atomic mass is 16.4. The van der Waals surface area contributed by atoms with Crippen molar-refractivity contribution in [3.05, 3.63) is 71.9 Å². The van der Waals surface area contributed by atoms with Gasteiger partial charge in [0, 0.05) is 30.1 Å². The maximum Gasteiger partial charge on any atom is 0.326 e. The number of nitrogens with one attached hydrogen (secondary N) is 3. The molecular formula is C29H35N5O6. The smallest absolute Gasteiger partial charge is 0.326 e. The number of amides is 3. The molecule has 1 aliphatic heterocycles. The average molecular weight is 550 g/mol. The summed E-state index contributed by atoms with van der Waals surface area (Å²) in [6, 6.07) is 12.1. The van der Waals surface area contributed by atoms with Crippen molar-refractivity contribution < 1.29 is 29.4 Å². The predicted octanol–water partition coefficient (Wildman–Crippen LogP) is 0.706. The third kappa shape index (κ3) is 6.67. The summed E-state index contributed by atoms with van der Waals surface area (Å²) in [5, 5.41) is 26.1. The minimum absolute atomic E-state index is 0.106. The van der Waals surface area contributed by atoms with Gasteiger partial charge in [-0.05, 0) is 43.4 Å². The van der Waals surface area contributed by atoms with Gasteiger partial charge in [-0.25, -0.2) is 4.79 Å². The molecule has 11 heteroatoms. The monoisotopic (exact) mass is 549 g/mol. The van der Waals surface area contributed by atoms with Crippen molar-refractivity contribution in [3.8, 4) is 0 Å². The zero-order valence-corrected chi connectivity index (χ0v) is 22.2. The first-order valence-corrected chi connectivity index (χ1v) is 13.3. The molecule has 212 valence electrons. The van der Waals surface area contributed by atoms with Crippen LogP contribution < -0.4 is 16.4 Å². The van der Waals surface area contributed by atoms with Crippen molar-refractivity contribution in [2.75, 3.05) is 6.54 Å². The predicted molar refractivity (Wildman–Crippen MR) is 148 cm³/mol. The Morgan fingerprint density at radius 1 is 1.02 bits per heavy atom. The van der Waals surface area contributed by atoms with Gasteiger partial charge >= 0.3 is 5.97 Å². The van der Waals surface area contributed by atoms with Gasteiger partial charge < -0.3 is 36.5 Å². The third-order valence-electron chi connectivity index (χ3n) is 7.23. The number of hydrogen-bond acceptors (Lipinski definition) is 6. The molecule has 11 nitrogen and oxygen atoms in total. The highest BCUT2D eigenvalue weighted by Crippen LogP contribution is 2.21. The maximum atomic E-state index is 13.5. The van der Waals surface area contributed by atoms with Crippen molar-refractivity contribution >= 4 is 34.6 Å². The second-order valence-corrected chi connectivity index (χ2v) is 10.2. The molecule has 0 bridgehead atoms. The van der Waals surface area contributed by atoms with Crippen LogP contribution in [0.15, 0.2) is 60.8 Å². The molecule has 0 radical (unpaired) electrons. The summed E-state index contributed by atoms with van der Waals surface area (Å²) in [6.45, 7) is 1.61. The van der Waals surface area contributed by atoms with Crippen LogP contribution in [0, 0.1) is 0 Å². The molecule has 7 N–H and O–H groups in total. The zero-order chi connectivity index (χ0) is 28.8. The molecule has 2 heterocycles. The molecular weight excluding hydrogens is 514 g/mol. The minimum Gasteiger partial charge on any atom is -0.480 e. The first-order valence-electron chi connectivity index (χ1n) is 13.3. The van der Waals surface area contributed by atoms with Gasteiger partial charge in [-0.3, -0.25) is 14.4 Å². The molecule has 1 aliphatic rings. The summed E-state index contributed by atoms with van der Waals surface area (Å²) >= 11 is 0. The van der Waals surface area contributed by atoms with Crippen LogP contribution in [0.25, 0.3) is 10.9 Å². The van der Waals surface area contributed by atoms with Gasteiger partial charge in [0.2, 0.25) is 17.7 Å². The number of aromatic amines is 1. The molecule has 3 aromatic rings. The van der Waals surface area contributed by atoms with Gasteiger partial charge in [0.25, 0.3) is 0 Å². The lowest BCUT2D eigenvalue weighted by Crippen LogP contribution is -2.60. The van der Waals surface area contributed by atoms with Crippen LogP contribution in [-0.2, 0) is 32.0 Å². The van der Waals surface area contributed by atoms with Crippen molar-refractivity contribution in [1.82, 2.24) is 20.5 Å². The zero-order valence-electron chi connectivity index (χ0n) is 22.2. The highest BCUT2D eigenvalue weighted by molar-refractivity contribution is 5.95. The van der Waals surface area contributed by atoms with Crippen LogP contribution in [0.1, 0.15) is 30.9 Å². The van der Waals surface area contributed by atoms with E-state index in [1.807, 2.05) is 30.3 Å². The molecule has 0 saturated carbocycles. The number of aliphatic carboxylic acids is 1. The Bertz CT molecular complexity index is 1360. The lowest BCUT2D eigenvalue weighted by Gasteiger charge is -2.29. The van der Waals surface area contributed by atoms with E-state index in [0.29, 0.717) is 12.8 Å². The van der Waals surface area contributed by atoms with Crippen molar-refractivity contribution in [3.63, 3.8) is 0 Å². The van der Waals surface area contributed by atoms with E-state index in [4.69, 9.17) is 5.73 Å². The van der Waals surface area contributed by atoms with Crippen LogP contribution >= 0.6 is 0 Å². The molecule has 1 saturated heterocycles. The summed E-state index contributed by atoms with van der Waals surface area (Å²) in [7, 11) is 0. The molecule has 5 unspecified atom stereocenters. The topological polar surface area (TPSA) is 178 Å². The largest absolute Gasteiger partial charge is 0.480 e. The average Bonchev–Trinajstić information content (AvgIpc) is 3.59. The quantitative estimate of drug-likeness (QED) is 0.204. The maximum absolute atomic E-state index is 13.5. The lowest BCUT2D eigenvalue weighted by molar-refractivity contribution is -0.149. The number of nitrogens with zero attached hydrogens (tertiary/aromatic N) is 1. The van der Waals surface area contributed by atoms with E-state index in [1.54, 1.807) is 30.5 Å². The Kier molecular flexibility index (Phi) is 9.18. The first kappa shape index (κ1) is 28.8. The molecule has 3 amide bonds. The third-order valence-corrected chi connectivity index (χ3v) is 7.23. The van der Waals surface area contributed by atoms with E-state index >= 15 is 0 Å². The van der Waals surface area contributed by atoms with Crippen molar-refractivity contribution in [1.29, 1.82) is 0 Å². The Labute approximate surface area is 231 Å². The Morgan fingerprint density at radius 3 is 2.42 bits per heavy atom. The number of carboxylic acids is 1. The molecule has 40 heavy (non-hydrogen) atoms. The number of aliphatic hydroxyl groups is 1. The number of rotatable bonds is 11. The molecule has 0 spiro atoms. The van der Waals surface area contributed by atoms with E-state index < -0.39 is 54.0 Å². The van der Waals surface area contributed by atoms with Crippen LogP contribution in [0.3, 0.4) is 0 Å². The van der Waals surface area contributed by atoms with Crippen molar-refractivity contribution in [2.45, 2.75) is 62.9 Å². The number of likely N-dealkylation sites (tertiary alicyclic amines) is 1. The summed E-state index contributed by atoms with van der Waals surface area (Å²) < 4.78 is 0. The fourth-order valence-corrected chi connectivity index (χ4v) is 5.09. The van der Waals surface area contributed by atoms with Gasteiger partial charge in [0.1, 0.15) is 18.1 Å². The number of para-hydroxylation sites is 1. The summed E-state index contributed by atoms with van der Waals surface area (Å²) in [4.78, 5) is 55.9. The fraction of sp³-hybridized carbons (Fsp3) is 0.379. The standard InChI is InChI=1S/C29H35N5O6/c1-17(35)25(33-26(36)21(30)15-19-16-31-22-11-6-5-10-20(19)22)27(37)32-23(14-18-8-3-2-4-9-18)28(38)34-13-7-12-24(34)29(39)40/h2-6,8-11,16-17,21,23-25,31,35H,7,12-15,30H2,1H3,(H,32,37)(H,33,36)(H,39,40). The number of carboxylic acid groups (broad SMARTS) is 1. The van der Waals surface area contributed by atoms with E-state index in [9.17, 15) is 29.4 Å². The van der Waals surface area contributed by atoms with Gasteiger partial charge in [0.15, 0.2) is 0 Å². The second kappa shape index (κ2) is 12.8. The Balaban J connectivity index is 1.47. The number of aromatic nitrogens is 1. The molecule has 1 aromatic heterocycles. The van der Waals surface area contributed by atoms with E-state index in [0.717, 1.165) is 22.0 Å². The van der Waals surface area contributed by atoms with E-state index in [-0.39, 0.29) is 19.4 Å². The number of H-pyrrole nitrogens is 1. The normalized spacial score (nSPS) is 18.1. The van der Waals surface area contributed by atoms with Gasteiger partial charge in [-0.15, -0.1) is 0 Å². The lowest BCUT2D eigenvalue weighted by atomic mass is 10.0. The summed E-state index contributed by atoms with van der Waals surface area (Å²) in [6.07, 6.45) is 1.65. The van der Waals surface area contributed by atoms with Crippen LogP contribution in [-0.4, -0.2) is 80.6 Å². The van der Waals surface area contributed by atoms with Gasteiger partial charge in [-0.1, -0.05) is 48.5 Å². The Morgan fingerprint density at radius 2 is 1.73 bits per heavy atom. The molecule has 4 rings (SSSR count). The second-order valence-electron chi connectivity index (χ2n) is 10.2. The SMILES string of the molecule is CC(O)C(NC(=O)C(N)Cc1c[nH]c2ccccc12)C(=O)NC(Cc1ccccc1)C(=O)N1CCCC1C(=O)O. The summed E-state index contributed by atoms with van der Waals surface area (Å²) in [5.74, 6) is -3.05. The van der Waals surface area contributed by atoms with Crippen LogP contribution in [0.5, 0.6) is 0 Å². The molecule has 1 fully saturated rings. The highest BCUT2D eigenvalue weighted by Gasteiger charge is 2.39. The first-order chi connectivity index (χ1) is 19.2. The minimum atomic E-state index is -1.39. The van der Waals surface area contributed by atoms with Crippen molar-refractivity contribution in [2.24, 2.45) is 5.73 Å². The fourth-order valence-electron chi connectivity index (χ4n) is 5.09. The Hall–Kier alpha value is -4.22. The molecule has 0 aliphatic carbocycles. The number of nitrogens with two attached hydrogens (primary N) is 1. The molecule has 5 atom stereocenters. The number of carbonyl (C=O) groups is 4.